The highest BCUT2D eigenvalue weighted by atomic mass is 127. The van der Waals surface area contributed by atoms with Crippen molar-refractivity contribution >= 4 is 39.7 Å². The predicted molar refractivity (Wildman–Crippen MR) is 78.0 cm³/mol. The van der Waals surface area contributed by atoms with Crippen LogP contribution in [0.2, 0.25) is 0 Å². The van der Waals surface area contributed by atoms with Crippen LogP contribution >= 0.6 is 22.6 Å². The highest BCUT2D eigenvalue weighted by Gasteiger charge is 2.02. The lowest BCUT2D eigenvalue weighted by atomic mass is 10.2. The Bertz CT molecular complexity index is 509. The predicted octanol–water partition coefficient (Wildman–Crippen LogP) is 3.93. The summed E-state index contributed by atoms with van der Waals surface area (Å²) in [6.45, 7) is 2.03. The maximum atomic E-state index is 5.95. The number of anilines is 3. The van der Waals surface area contributed by atoms with Gasteiger partial charge in [0.05, 0.1) is 17.1 Å². The molecule has 0 atom stereocenters. The molecule has 2 nitrogen and oxygen atoms in total. The number of halogens is 1. The molecule has 0 aliphatic heterocycles. The van der Waals surface area contributed by atoms with Crippen molar-refractivity contribution in [3.63, 3.8) is 0 Å². The van der Waals surface area contributed by atoms with Crippen LogP contribution in [0.5, 0.6) is 0 Å². The van der Waals surface area contributed by atoms with Crippen molar-refractivity contribution in [2.75, 3.05) is 11.1 Å². The van der Waals surface area contributed by atoms with Crippen LogP contribution in [0.15, 0.2) is 42.5 Å². The van der Waals surface area contributed by atoms with Gasteiger partial charge in [0.2, 0.25) is 0 Å². The number of nitrogens with two attached hydrogens (primary N) is 1. The van der Waals surface area contributed by atoms with Gasteiger partial charge in [0, 0.05) is 3.57 Å². The smallest absolute Gasteiger partial charge is 0.0618 e. The second-order valence-corrected chi connectivity index (χ2v) is 4.86. The molecule has 2 aromatic carbocycles. The van der Waals surface area contributed by atoms with Crippen molar-refractivity contribution in [2.24, 2.45) is 0 Å². The van der Waals surface area contributed by atoms with Gasteiger partial charge in [-0.05, 0) is 59.3 Å². The number of aryl methyl sites for hydroxylation is 1. The maximum absolute atomic E-state index is 5.95. The molecular formula is C13H13IN2. The SMILES string of the molecule is Cc1ccc(Nc2ccccc2I)c(N)c1. The minimum Gasteiger partial charge on any atom is -0.397 e. The summed E-state index contributed by atoms with van der Waals surface area (Å²) in [5, 5.41) is 3.34. The molecule has 0 aliphatic rings. The van der Waals surface area contributed by atoms with E-state index in [0.29, 0.717) is 0 Å². The zero-order chi connectivity index (χ0) is 11.5. The molecule has 3 heteroatoms. The Morgan fingerprint density at radius 2 is 1.81 bits per heavy atom. The van der Waals surface area contributed by atoms with Gasteiger partial charge in [-0.1, -0.05) is 18.2 Å². The van der Waals surface area contributed by atoms with Crippen molar-refractivity contribution in [2.45, 2.75) is 6.92 Å². The van der Waals surface area contributed by atoms with E-state index < -0.39 is 0 Å². The van der Waals surface area contributed by atoms with E-state index in [1.54, 1.807) is 0 Å². The summed E-state index contributed by atoms with van der Waals surface area (Å²) in [6.07, 6.45) is 0. The van der Waals surface area contributed by atoms with E-state index in [-0.39, 0.29) is 0 Å². The molecule has 0 radical (unpaired) electrons. The molecule has 0 heterocycles. The van der Waals surface area contributed by atoms with Crippen LogP contribution in [-0.4, -0.2) is 0 Å². The molecule has 3 N–H and O–H groups in total. The summed E-state index contributed by atoms with van der Waals surface area (Å²) in [6, 6.07) is 14.2. The molecule has 0 fully saturated rings. The Morgan fingerprint density at radius 3 is 2.50 bits per heavy atom. The fourth-order valence-corrected chi connectivity index (χ4v) is 2.03. The van der Waals surface area contributed by atoms with E-state index in [1.165, 1.54) is 9.13 Å². The molecular weight excluding hydrogens is 311 g/mol. The van der Waals surface area contributed by atoms with Crippen molar-refractivity contribution in [1.29, 1.82) is 0 Å². The minimum absolute atomic E-state index is 0.777. The van der Waals surface area contributed by atoms with Crippen LogP contribution in [0.3, 0.4) is 0 Å². The summed E-state index contributed by atoms with van der Waals surface area (Å²) < 4.78 is 1.18. The largest absolute Gasteiger partial charge is 0.397 e. The molecule has 2 aromatic rings. The molecule has 82 valence electrons. The summed E-state index contributed by atoms with van der Waals surface area (Å²) in [5.74, 6) is 0. The van der Waals surface area contributed by atoms with Gasteiger partial charge in [-0.2, -0.15) is 0 Å². The zero-order valence-corrected chi connectivity index (χ0v) is 11.2. The normalized spacial score (nSPS) is 10.1. The number of hydrogen-bond donors (Lipinski definition) is 2. The average molecular weight is 324 g/mol. The molecule has 0 aromatic heterocycles. The second-order valence-electron chi connectivity index (χ2n) is 3.70. The Balaban J connectivity index is 2.31. The number of hydrogen-bond acceptors (Lipinski definition) is 2. The van der Waals surface area contributed by atoms with Gasteiger partial charge in [-0.25, -0.2) is 0 Å². The summed E-state index contributed by atoms with van der Waals surface area (Å²) in [4.78, 5) is 0. The molecule has 0 unspecified atom stereocenters. The van der Waals surface area contributed by atoms with E-state index in [9.17, 15) is 0 Å². The average Bonchev–Trinajstić information content (AvgIpc) is 2.25. The van der Waals surface area contributed by atoms with Gasteiger partial charge in [0.1, 0.15) is 0 Å². The molecule has 0 spiro atoms. The Morgan fingerprint density at radius 1 is 1.06 bits per heavy atom. The van der Waals surface area contributed by atoms with E-state index in [2.05, 4.69) is 40.0 Å². The third-order valence-electron chi connectivity index (χ3n) is 2.35. The summed E-state index contributed by atoms with van der Waals surface area (Å²) >= 11 is 2.30. The van der Waals surface area contributed by atoms with Crippen molar-refractivity contribution in [1.82, 2.24) is 0 Å². The van der Waals surface area contributed by atoms with Crippen LogP contribution in [0, 0.1) is 10.5 Å². The van der Waals surface area contributed by atoms with E-state index in [4.69, 9.17) is 5.73 Å². The molecule has 2 rings (SSSR count). The number of benzene rings is 2. The maximum Gasteiger partial charge on any atom is 0.0618 e. The van der Waals surface area contributed by atoms with Gasteiger partial charge in [0.25, 0.3) is 0 Å². The fraction of sp³-hybridized carbons (Fsp3) is 0.0769. The number of rotatable bonds is 2. The van der Waals surface area contributed by atoms with Crippen molar-refractivity contribution in [3.05, 3.63) is 51.6 Å². The van der Waals surface area contributed by atoms with Crippen LogP contribution in [-0.2, 0) is 0 Å². The van der Waals surface area contributed by atoms with Crippen molar-refractivity contribution < 1.29 is 0 Å². The molecule has 0 amide bonds. The molecule has 0 aliphatic carbocycles. The first-order valence-corrected chi connectivity index (χ1v) is 6.12. The quantitative estimate of drug-likeness (QED) is 0.649. The lowest BCUT2D eigenvalue weighted by Crippen LogP contribution is -1.97. The molecule has 16 heavy (non-hydrogen) atoms. The summed E-state index contributed by atoms with van der Waals surface area (Å²) in [5.41, 5.74) is 9.94. The molecule has 0 saturated heterocycles. The molecule has 0 bridgehead atoms. The monoisotopic (exact) mass is 324 g/mol. The first kappa shape index (κ1) is 11.3. The standard InChI is InChI=1S/C13H13IN2/c1-9-6-7-13(11(15)8-9)16-12-5-3-2-4-10(12)14/h2-8,16H,15H2,1H3. The first-order valence-electron chi connectivity index (χ1n) is 5.04. The lowest BCUT2D eigenvalue weighted by Gasteiger charge is -2.11. The number of nitrogen functional groups attached to an aromatic ring is 1. The zero-order valence-electron chi connectivity index (χ0n) is 9.00. The second kappa shape index (κ2) is 4.74. The Hall–Kier alpha value is -1.23. The van der Waals surface area contributed by atoms with Crippen LogP contribution in [0.1, 0.15) is 5.56 Å². The van der Waals surface area contributed by atoms with E-state index in [1.807, 2.05) is 37.3 Å². The fourth-order valence-electron chi connectivity index (χ4n) is 1.50. The Labute approximate surface area is 109 Å². The summed E-state index contributed by atoms with van der Waals surface area (Å²) in [7, 11) is 0. The minimum atomic E-state index is 0.777. The topological polar surface area (TPSA) is 38.0 Å². The Kier molecular flexibility index (Phi) is 3.33. The highest BCUT2D eigenvalue weighted by Crippen LogP contribution is 2.26. The van der Waals surface area contributed by atoms with Crippen molar-refractivity contribution in [3.8, 4) is 0 Å². The molecule has 0 saturated carbocycles. The highest BCUT2D eigenvalue weighted by molar-refractivity contribution is 14.1. The number of nitrogens with one attached hydrogen (secondary N) is 1. The van der Waals surface area contributed by atoms with Gasteiger partial charge < -0.3 is 11.1 Å². The number of para-hydroxylation sites is 1. The first-order chi connectivity index (χ1) is 7.66. The van der Waals surface area contributed by atoms with Gasteiger partial charge >= 0.3 is 0 Å². The third-order valence-corrected chi connectivity index (χ3v) is 3.29. The van der Waals surface area contributed by atoms with Gasteiger partial charge in [-0.3, -0.25) is 0 Å². The van der Waals surface area contributed by atoms with Crippen LogP contribution < -0.4 is 11.1 Å². The van der Waals surface area contributed by atoms with Crippen LogP contribution in [0.4, 0.5) is 17.1 Å². The third kappa shape index (κ3) is 2.47. The van der Waals surface area contributed by atoms with Gasteiger partial charge in [-0.15, -0.1) is 0 Å². The van der Waals surface area contributed by atoms with E-state index in [0.717, 1.165) is 17.1 Å². The lowest BCUT2D eigenvalue weighted by molar-refractivity contribution is 1.45. The van der Waals surface area contributed by atoms with Gasteiger partial charge in [0.15, 0.2) is 0 Å². The van der Waals surface area contributed by atoms with Crippen LogP contribution in [0.25, 0.3) is 0 Å². The van der Waals surface area contributed by atoms with E-state index >= 15 is 0 Å².